The molecule has 2 nitrogen and oxygen atoms in total. The van der Waals surface area contributed by atoms with Gasteiger partial charge in [-0.25, -0.2) is 22.0 Å². The normalized spacial score (nSPS) is 21.6. The monoisotopic (exact) mass is 371 g/mol. The lowest BCUT2D eigenvalue weighted by atomic mass is 10.1. The minimum Gasteiger partial charge on any atom is -0.349 e. The predicted molar refractivity (Wildman–Crippen MR) is 68.6 cm³/mol. The van der Waals surface area contributed by atoms with Gasteiger partial charge in [-0.1, -0.05) is 22.4 Å². The second kappa shape index (κ2) is 6.29. The minimum absolute atomic E-state index is 0.0650. The summed E-state index contributed by atoms with van der Waals surface area (Å²) >= 11 is 3.26. The van der Waals surface area contributed by atoms with Crippen molar-refractivity contribution >= 4 is 21.8 Å². The number of alkyl halides is 1. The first-order valence-corrected chi connectivity index (χ1v) is 7.38. The fourth-order valence-electron chi connectivity index (χ4n) is 2.46. The topological polar surface area (TPSA) is 29.1 Å². The molecule has 1 amide bonds. The molecule has 21 heavy (non-hydrogen) atoms. The lowest BCUT2D eigenvalue weighted by molar-refractivity contribution is 0.0918. The van der Waals surface area contributed by atoms with Gasteiger partial charge in [-0.3, -0.25) is 4.79 Å². The fourth-order valence-corrected chi connectivity index (χ4v) is 3.23. The van der Waals surface area contributed by atoms with Gasteiger partial charge in [-0.05, 0) is 18.8 Å². The van der Waals surface area contributed by atoms with Gasteiger partial charge < -0.3 is 5.32 Å². The van der Waals surface area contributed by atoms with Crippen LogP contribution in [-0.2, 0) is 0 Å². The number of hydrogen-bond donors (Lipinski definition) is 1. The van der Waals surface area contributed by atoms with Crippen molar-refractivity contribution in [3.63, 3.8) is 0 Å². The van der Waals surface area contributed by atoms with Crippen LogP contribution in [0.15, 0.2) is 0 Å². The number of nitrogens with one attached hydrogen (secondary N) is 1. The Labute approximate surface area is 125 Å². The molecule has 1 aliphatic rings. The number of amides is 1. The molecule has 2 rings (SSSR count). The number of halogens is 6. The highest BCUT2D eigenvalue weighted by atomic mass is 79.9. The van der Waals surface area contributed by atoms with E-state index in [1.165, 1.54) is 0 Å². The van der Waals surface area contributed by atoms with Crippen LogP contribution in [0.2, 0.25) is 0 Å². The van der Waals surface area contributed by atoms with E-state index in [-0.39, 0.29) is 12.0 Å². The van der Waals surface area contributed by atoms with Crippen molar-refractivity contribution < 1.29 is 26.7 Å². The first-order chi connectivity index (χ1) is 9.88. The Balaban J connectivity index is 2.32. The van der Waals surface area contributed by atoms with Crippen LogP contribution in [-0.4, -0.2) is 17.3 Å². The van der Waals surface area contributed by atoms with Gasteiger partial charge >= 0.3 is 0 Å². The van der Waals surface area contributed by atoms with Gasteiger partial charge in [0, 0.05) is 11.4 Å². The van der Waals surface area contributed by atoms with Gasteiger partial charge in [-0.15, -0.1) is 0 Å². The SMILES string of the molecule is O=C(NC1CCCC1CBr)c1c(F)c(F)c(F)c(F)c1F. The number of carbonyl (C=O) groups is 1. The van der Waals surface area contributed by atoms with Crippen LogP contribution in [0.1, 0.15) is 29.6 Å². The highest BCUT2D eigenvalue weighted by molar-refractivity contribution is 9.09. The molecule has 0 heterocycles. The van der Waals surface area contributed by atoms with Crippen molar-refractivity contribution in [3.05, 3.63) is 34.6 Å². The maximum atomic E-state index is 13.5. The van der Waals surface area contributed by atoms with Crippen molar-refractivity contribution in [3.8, 4) is 0 Å². The molecule has 2 unspecified atom stereocenters. The summed E-state index contributed by atoms with van der Waals surface area (Å²) in [6, 6.07) is -0.355. The lowest BCUT2D eigenvalue weighted by Crippen LogP contribution is -2.39. The molecule has 0 radical (unpaired) electrons. The summed E-state index contributed by atoms with van der Waals surface area (Å²) in [6.45, 7) is 0. The molecule has 0 aliphatic heterocycles. The average Bonchev–Trinajstić information content (AvgIpc) is 2.90. The maximum absolute atomic E-state index is 13.5. The van der Waals surface area contributed by atoms with E-state index in [9.17, 15) is 26.7 Å². The van der Waals surface area contributed by atoms with E-state index in [0.29, 0.717) is 11.8 Å². The van der Waals surface area contributed by atoms with E-state index in [1.807, 2.05) is 0 Å². The average molecular weight is 372 g/mol. The number of carbonyl (C=O) groups excluding carboxylic acids is 1. The summed E-state index contributed by atoms with van der Waals surface area (Å²) in [5.41, 5.74) is -1.44. The number of benzene rings is 1. The molecule has 1 aliphatic carbocycles. The van der Waals surface area contributed by atoms with Crippen molar-refractivity contribution in [2.75, 3.05) is 5.33 Å². The smallest absolute Gasteiger partial charge is 0.257 e. The van der Waals surface area contributed by atoms with Crippen molar-refractivity contribution in [1.29, 1.82) is 0 Å². The lowest BCUT2D eigenvalue weighted by Gasteiger charge is -2.19. The van der Waals surface area contributed by atoms with Crippen LogP contribution >= 0.6 is 15.9 Å². The molecule has 8 heteroatoms. The Hall–Kier alpha value is -1.18. The van der Waals surface area contributed by atoms with Gasteiger partial charge in [0.1, 0.15) is 5.56 Å². The molecule has 1 aromatic rings. The summed E-state index contributed by atoms with van der Waals surface area (Å²) in [4.78, 5) is 11.9. The Kier molecular flexibility index (Phi) is 4.85. The van der Waals surface area contributed by atoms with E-state index in [4.69, 9.17) is 0 Å². The Morgan fingerprint density at radius 1 is 1.00 bits per heavy atom. The molecule has 2 atom stereocenters. The van der Waals surface area contributed by atoms with Gasteiger partial charge in [-0.2, -0.15) is 0 Å². The van der Waals surface area contributed by atoms with Crippen LogP contribution in [0.25, 0.3) is 0 Å². The first kappa shape index (κ1) is 16.2. The first-order valence-electron chi connectivity index (χ1n) is 6.26. The van der Waals surface area contributed by atoms with E-state index in [2.05, 4.69) is 21.2 Å². The quantitative estimate of drug-likeness (QED) is 0.373. The summed E-state index contributed by atoms with van der Waals surface area (Å²) in [5.74, 6) is -12.0. The van der Waals surface area contributed by atoms with Crippen molar-refractivity contribution in [1.82, 2.24) is 5.32 Å². The molecule has 1 aromatic carbocycles. The molecule has 0 aromatic heterocycles. The minimum atomic E-state index is -2.28. The van der Waals surface area contributed by atoms with Crippen LogP contribution in [0, 0.1) is 35.0 Å². The van der Waals surface area contributed by atoms with E-state index >= 15 is 0 Å². The number of rotatable bonds is 3. The largest absolute Gasteiger partial charge is 0.349 e. The fraction of sp³-hybridized carbons (Fsp3) is 0.462. The predicted octanol–water partition coefficient (Wildman–Crippen LogP) is 3.68. The summed E-state index contributed by atoms with van der Waals surface area (Å²) in [7, 11) is 0. The zero-order chi connectivity index (χ0) is 15.7. The Morgan fingerprint density at radius 3 is 2.05 bits per heavy atom. The van der Waals surface area contributed by atoms with Gasteiger partial charge in [0.2, 0.25) is 5.82 Å². The number of hydrogen-bond acceptors (Lipinski definition) is 1. The zero-order valence-electron chi connectivity index (χ0n) is 10.7. The van der Waals surface area contributed by atoms with Crippen LogP contribution in [0.5, 0.6) is 0 Å². The van der Waals surface area contributed by atoms with Gasteiger partial charge in [0.15, 0.2) is 23.3 Å². The molecule has 0 saturated heterocycles. The van der Waals surface area contributed by atoms with E-state index in [1.54, 1.807) is 0 Å². The molecule has 1 N–H and O–H groups in total. The van der Waals surface area contributed by atoms with E-state index in [0.717, 1.165) is 12.8 Å². The summed E-state index contributed by atoms with van der Waals surface area (Å²) in [6.07, 6.45) is 2.23. The van der Waals surface area contributed by atoms with Gasteiger partial charge in [0.05, 0.1) is 0 Å². The molecule has 0 bridgehead atoms. The van der Waals surface area contributed by atoms with Gasteiger partial charge in [0.25, 0.3) is 5.91 Å². The molecule has 1 fully saturated rings. The van der Waals surface area contributed by atoms with E-state index < -0.39 is 40.6 Å². The van der Waals surface area contributed by atoms with Crippen LogP contribution in [0.4, 0.5) is 22.0 Å². The Bertz CT molecular complexity index is 551. The molecule has 116 valence electrons. The van der Waals surface area contributed by atoms with Crippen molar-refractivity contribution in [2.24, 2.45) is 5.92 Å². The third kappa shape index (κ3) is 2.90. The van der Waals surface area contributed by atoms with Crippen molar-refractivity contribution in [2.45, 2.75) is 25.3 Å². The second-order valence-corrected chi connectivity index (χ2v) is 5.52. The third-order valence-corrected chi connectivity index (χ3v) is 4.44. The van der Waals surface area contributed by atoms with Crippen LogP contribution in [0.3, 0.4) is 0 Å². The Morgan fingerprint density at radius 2 is 1.52 bits per heavy atom. The molecule has 1 saturated carbocycles. The molecular formula is C13H11BrF5NO. The standard InChI is InChI=1S/C13H11BrF5NO/c14-4-5-2-1-3-6(5)20-13(21)7-8(15)10(17)12(19)11(18)9(7)16/h5-6H,1-4H2,(H,20,21). The summed E-state index contributed by atoms with van der Waals surface area (Å²) in [5, 5.41) is 2.93. The highest BCUT2D eigenvalue weighted by Crippen LogP contribution is 2.28. The highest BCUT2D eigenvalue weighted by Gasteiger charge is 2.33. The molecule has 0 spiro atoms. The van der Waals surface area contributed by atoms with Crippen LogP contribution < -0.4 is 5.32 Å². The third-order valence-electron chi connectivity index (χ3n) is 3.61. The zero-order valence-corrected chi connectivity index (χ0v) is 12.2. The maximum Gasteiger partial charge on any atom is 0.257 e. The summed E-state index contributed by atoms with van der Waals surface area (Å²) < 4.78 is 66.1. The second-order valence-electron chi connectivity index (χ2n) is 4.87. The molecular weight excluding hydrogens is 361 g/mol.